The fourth-order valence-corrected chi connectivity index (χ4v) is 1.41. The number of rotatable bonds is 6. The number of amides is 1. The third-order valence-electron chi connectivity index (χ3n) is 2.39. The molecule has 0 aromatic heterocycles. The second-order valence-electron chi connectivity index (χ2n) is 3.66. The van der Waals surface area contributed by atoms with Crippen molar-refractivity contribution < 1.29 is 24.6 Å². The number of nitro benzene ring substituents is 2. The molecular weight excluding hydrogens is 274 g/mol. The van der Waals surface area contributed by atoms with Crippen LogP contribution in [-0.2, 0) is 4.79 Å². The molecule has 0 aliphatic heterocycles. The van der Waals surface area contributed by atoms with E-state index in [1.807, 2.05) is 0 Å². The Morgan fingerprint density at radius 3 is 2.50 bits per heavy atom. The van der Waals surface area contributed by atoms with E-state index in [1.165, 1.54) is 5.48 Å². The molecule has 0 saturated heterocycles. The van der Waals surface area contributed by atoms with Gasteiger partial charge in [0.2, 0.25) is 0 Å². The van der Waals surface area contributed by atoms with E-state index in [2.05, 4.69) is 0 Å². The highest BCUT2D eigenvalue weighted by atomic mass is 16.6. The van der Waals surface area contributed by atoms with Crippen LogP contribution >= 0.6 is 0 Å². The molecule has 0 bridgehead atoms. The number of nitro groups is 2. The van der Waals surface area contributed by atoms with E-state index in [0.717, 1.165) is 18.2 Å². The molecular formula is C10H11N3O7. The molecule has 1 aromatic carbocycles. The van der Waals surface area contributed by atoms with E-state index in [1.54, 1.807) is 6.92 Å². The second-order valence-corrected chi connectivity index (χ2v) is 3.66. The van der Waals surface area contributed by atoms with Crippen molar-refractivity contribution in [2.24, 2.45) is 0 Å². The highest BCUT2D eigenvalue weighted by molar-refractivity contribution is 5.80. The molecule has 0 saturated carbocycles. The summed E-state index contributed by atoms with van der Waals surface area (Å²) in [6, 6.07) is 2.79. The Labute approximate surface area is 112 Å². The lowest BCUT2D eigenvalue weighted by Crippen LogP contribution is -2.36. The van der Waals surface area contributed by atoms with Crippen LogP contribution in [0.5, 0.6) is 5.75 Å². The summed E-state index contributed by atoms with van der Waals surface area (Å²) in [7, 11) is 0. The lowest BCUT2D eigenvalue weighted by molar-refractivity contribution is -0.394. The number of hydroxylamine groups is 1. The topological polar surface area (TPSA) is 145 Å². The van der Waals surface area contributed by atoms with E-state index in [0.29, 0.717) is 0 Å². The Morgan fingerprint density at radius 2 is 2.05 bits per heavy atom. The molecule has 10 nitrogen and oxygen atoms in total. The van der Waals surface area contributed by atoms with Crippen LogP contribution < -0.4 is 10.2 Å². The lowest BCUT2D eigenvalue weighted by Gasteiger charge is -2.15. The SMILES string of the molecule is CCC(Oc1ccc([N+](=O)[O-])cc1[N+](=O)[O-])C(=O)NO. The molecule has 0 spiro atoms. The molecule has 0 aliphatic rings. The Bertz CT molecular complexity index is 546. The third kappa shape index (κ3) is 3.38. The first-order chi connectivity index (χ1) is 9.40. The summed E-state index contributed by atoms with van der Waals surface area (Å²) >= 11 is 0. The van der Waals surface area contributed by atoms with Gasteiger partial charge >= 0.3 is 5.69 Å². The zero-order valence-electron chi connectivity index (χ0n) is 10.3. The fourth-order valence-electron chi connectivity index (χ4n) is 1.41. The highest BCUT2D eigenvalue weighted by Crippen LogP contribution is 2.31. The molecule has 2 N–H and O–H groups in total. The smallest absolute Gasteiger partial charge is 0.317 e. The maximum absolute atomic E-state index is 11.2. The number of nitrogens with zero attached hydrogens (tertiary/aromatic N) is 2. The van der Waals surface area contributed by atoms with Gasteiger partial charge in [-0.25, -0.2) is 5.48 Å². The summed E-state index contributed by atoms with van der Waals surface area (Å²) in [5.74, 6) is -1.17. The number of benzene rings is 1. The maximum Gasteiger partial charge on any atom is 0.317 e. The van der Waals surface area contributed by atoms with Crippen molar-refractivity contribution in [3.63, 3.8) is 0 Å². The third-order valence-corrected chi connectivity index (χ3v) is 2.39. The molecule has 108 valence electrons. The number of hydrogen-bond donors (Lipinski definition) is 2. The lowest BCUT2D eigenvalue weighted by atomic mass is 10.2. The Morgan fingerprint density at radius 1 is 1.40 bits per heavy atom. The van der Waals surface area contributed by atoms with Crippen molar-refractivity contribution in [2.45, 2.75) is 19.4 Å². The van der Waals surface area contributed by atoms with Gasteiger partial charge in [-0.05, 0) is 12.5 Å². The Kier molecular flexibility index (Phi) is 4.92. The Balaban J connectivity index is 3.14. The molecule has 0 radical (unpaired) electrons. The summed E-state index contributed by atoms with van der Waals surface area (Å²) in [6.45, 7) is 1.57. The van der Waals surface area contributed by atoms with Crippen LogP contribution in [0, 0.1) is 20.2 Å². The van der Waals surface area contributed by atoms with Gasteiger partial charge < -0.3 is 4.74 Å². The maximum atomic E-state index is 11.2. The number of carbonyl (C=O) groups is 1. The molecule has 1 rings (SSSR count). The van der Waals surface area contributed by atoms with Crippen LogP contribution in [-0.4, -0.2) is 27.1 Å². The molecule has 1 aromatic rings. The molecule has 0 heterocycles. The van der Waals surface area contributed by atoms with E-state index < -0.39 is 33.2 Å². The van der Waals surface area contributed by atoms with Crippen molar-refractivity contribution in [2.75, 3.05) is 0 Å². The van der Waals surface area contributed by atoms with Gasteiger partial charge in [0.05, 0.1) is 15.9 Å². The molecule has 1 unspecified atom stereocenters. The summed E-state index contributed by atoms with van der Waals surface area (Å²) in [5, 5.41) is 29.9. The standard InChI is InChI=1S/C10H11N3O7/c1-2-8(10(14)11-15)20-9-4-3-6(12(16)17)5-7(9)13(18)19/h3-5,8,15H,2H2,1H3,(H,11,14). The van der Waals surface area contributed by atoms with E-state index in [4.69, 9.17) is 9.94 Å². The summed E-state index contributed by atoms with van der Waals surface area (Å²) in [6.07, 6.45) is -1.01. The summed E-state index contributed by atoms with van der Waals surface area (Å²) in [5.41, 5.74) is 0.268. The molecule has 1 atom stereocenters. The van der Waals surface area contributed by atoms with Gasteiger partial charge in [0, 0.05) is 6.07 Å². The van der Waals surface area contributed by atoms with Crippen LogP contribution in [0.3, 0.4) is 0 Å². The van der Waals surface area contributed by atoms with E-state index in [9.17, 15) is 25.0 Å². The minimum absolute atomic E-state index is 0.139. The van der Waals surface area contributed by atoms with Crippen molar-refractivity contribution in [3.8, 4) is 5.75 Å². The average molecular weight is 285 g/mol. The van der Waals surface area contributed by atoms with Crippen molar-refractivity contribution in [1.29, 1.82) is 0 Å². The number of ether oxygens (including phenoxy) is 1. The molecule has 20 heavy (non-hydrogen) atoms. The first-order valence-corrected chi connectivity index (χ1v) is 5.44. The summed E-state index contributed by atoms with van der Waals surface area (Å²) in [4.78, 5) is 31.0. The normalized spacial score (nSPS) is 11.5. The highest BCUT2D eigenvalue weighted by Gasteiger charge is 2.25. The fraction of sp³-hybridized carbons (Fsp3) is 0.300. The van der Waals surface area contributed by atoms with Crippen LogP contribution in [0.4, 0.5) is 11.4 Å². The molecule has 0 fully saturated rings. The van der Waals surface area contributed by atoms with Gasteiger partial charge in [-0.15, -0.1) is 0 Å². The number of nitrogens with one attached hydrogen (secondary N) is 1. The summed E-state index contributed by atoms with van der Waals surface area (Å²) < 4.78 is 5.11. The minimum Gasteiger partial charge on any atom is -0.473 e. The van der Waals surface area contributed by atoms with Gasteiger partial charge in [-0.3, -0.25) is 30.2 Å². The quantitative estimate of drug-likeness (QED) is 0.453. The molecule has 0 aliphatic carbocycles. The minimum atomic E-state index is -1.15. The van der Waals surface area contributed by atoms with Crippen molar-refractivity contribution in [1.82, 2.24) is 5.48 Å². The average Bonchev–Trinajstić information content (AvgIpc) is 2.43. The molecule has 10 heteroatoms. The first-order valence-electron chi connectivity index (χ1n) is 5.44. The van der Waals surface area contributed by atoms with Crippen molar-refractivity contribution in [3.05, 3.63) is 38.4 Å². The second kappa shape index (κ2) is 6.43. The van der Waals surface area contributed by atoms with Crippen LogP contribution in [0.15, 0.2) is 18.2 Å². The van der Waals surface area contributed by atoms with Crippen molar-refractivity contribution >= 4 is 17.3 Å². The predicted octanol–water partition coefficient (Wildman–Crippen LogP) is 1.17. The monoisotopic (exact) mass is 285 g/mol. The van der Waals surface area contributed by atoms with Crippen LogP contribution in [0.1, 0.15) is 13.3 Å². The van der Waals surface area contributed by atoms with Gasteiger partial charge in [-0.2, -0.15) is 0 Å². The number of non-ortho nitro benzene ring substituents is 1. The molecule has 1 amide bonds. The van der Waals surface area contributed by atoms with E-state index in [-0.39, 0.29) is 12.2 Å². The zero-order chi connectivity index (χ0) is 15.3. The van der Waals surface area contributed by atoms with Gasteiger partial charge in [-0.1, -0.05) is 6.92 Å². The predicted molar refractivity (Wildman–Crippen MR) is 64.4 cm³/mol. The van der Waals surface area contributed by atoms with Gasteiger partial charge in [0.15, 0.2) is 11.9 Å². The van der Waals surface area contributed by atoms with E-state index >= 15 is 0 Å². The van der Waals surface area contributed by atoms with Gasteiger partial charge in [0.25, 0.3) is 11.6 Å². The Hall–Kier alpha value is -2.75. The number of hydrogen-bond acceptors (Lipinski definition) is 7. The largest absolute Gasteiger partial charge is 0.473 e. The number of carbonyl (C=O) groups excluding carboxylic acids is 1. The first kappa shape index (κ1) is 15.3. The van der Waals surface area contributed by atoms with Gasteiger partial charge in [0.1, 0.15) is 0 Å². The van der Waals surface area contributed by atoms with Crippen LogP contribution in [0.2, 0.25) is 0 Å². The van der Waals surface area contributed by atoms with Crippen LogP contribution in [0.25, 0.3) is 0 Å². The zero-order valence-corrected chi connectivity index (χ0v) is 10.3.